The molecule has 0 N–H and O–H groups in total. The summed E-state index contributed by atoms with van der Waals surface area (Å²) in [7, 11) is 2.21. The van der Waals surface area contributed by atoms with Crippen LogP contribution in [0.25, 0.3) is 0 Å². The Balaban J connectivity index is 1.58. The fourth-order valence-electron chi connectivity index (χ4n) is 3.75. The molecule has 3 heterocycles. The molecule has 20 heavy (non-hydrogen) atoms. The lowest BCUT2D eigenvalue weighted by atomic mass is 10.0. The Morgan fingerprint density at radius 3 is 2.80 bits per heavy atom. The highest BCUT2D eigenvalue weighted by atomic mass is 32.1. The Hall–Kier alpha value is -0.870. The van der Waals surface area contributed by atoms with Crippen LogP contribution in [-0.2, 0) is 11.2 Å². The van der Waals surface area contributed by atoms with Crippen LogP contribution in [0.4, 0.5) is 0 Å². The quantitative estimate of drug-likeness (QED) is 0.852. The number of rotatable bonds is 4. The summed E-state index contributed by atoms with van der Waals surface area (Å²) in [5.41, 5.74) is 0. The molecule has 2 atom stereocenters. The van der Waals surface area contributed by atoms with Crippen molar-refractivity contribution in [3.8, 4) is 0 Å². The van der Waals surface area contributed by atoms with Gasteiger partial charge in [0, 0.05) is 29.9 Å². The molecular weight excluding hydrogens is 268 g/mol. The highest BCUT2D eigenvalue weighted by Crippen LogP contribution is 2.29. The number of carbonyl (C=O) groups excluding carboxylic acids is 1. The van der Waals surface area contributed by atoms with Crippen LogP contribution in [0.15, 0.2) is 17.5 Å². The van der Waals surface area contributed by atoms with Crippen LogP contribution >= 0.6 is 11.3 Å². The second-order valence-corrected chi connectivity index (χ2v) is 7.10. The summed E-state index contributed by atoms with van der Waals surface area (Å²) in [6.07, 6.45) is 6.50. The number of likely N-dealkylation sites (N-methyl/N-ethyl adjacent to an activating group) is 1. The molecule has 3 rings (SSSR count). The van der Waals surface area contributed by atoms with Crippen molar-refractivity contribution in [2.45, 2.75) is 50.6 Å². The number of thiophene rings is 1. The van der Waals surface area contributed by atoms with Crippen LogP contribution in [-0.4, -0.2) is 47.9 Å². The summed E-state index contributed by atoms with van der Waals surface area (Å²) in [6.45, 7) is 2.16. The van der Waals surface area contributed by atoms with Gasteiger partial charge in [-0.2, -0.15) is 0 Å². The first kappa shape index (κ1) is 14.1. The molecule has 110 valence electrons. The summed E-state index contributed by atoms with van der Waals surface area (Å²) in [5.74, 6) is 0.362. The standard InChI is InChI=1S/C16H24N2OS/c1-17-10-2-6-14(17)15-7-3-11-18(15)16(19)9-8-13-5-4-12-20-13/h4-5,12,14-15H,2-3,6-11H2,1H3. The molecule has 2 fully saturated rings. The van der Waals surface area contributed by atoms with Gasteiger partial charge < -0.3 is 9.80 Å². The van der Waals surface area contributed by atoms with Crippen LogP contribution in [0.3, 0.4) is 0 Å². The summed E-state index contributed by atoms with van der Waals surface area (Å²) in [5, 5.41) is 2.09. The third-order valence-electron chi connectivity index (χ3n) is 4.81. The van der Waals surface area contributed by atoms with Gasteiger partial charge in [-0.05, 0) is 57.1 Å². The maximum absolute atomic E-state index is 12.5. The van der Waals surface area contributed by atoms with Gasteiger partial charge in [-0.15, -0.1) is 11.3 Å². The first-order valence-electron chi connectivity index (χ1n) is 7.78. The minimum atomic E-state index is 0.362. The smallest absolute Gasteiger partial charge is 0.223 e. The van der Waals surface area contributed by atoms with Crippen molar-refractivity contribution in [1.82, 2.24) is 9.80 Å². The zero-order valence-electron chi connectivity index (χ0n) is 12.3. The fourth-order valence-corrected chi connectivity index (χ4v) is 4.46. The van der Waals surface area contributed by atoms with Gasteiger partial charge in [0.05, 0.1) is 0 Å². The van der Waals surface area contributed by atoms with E-state index in [-0.39, 0.29) is 0 Å². The minimum Gasteiger partial charge on any atom is -0.338 e. The number of aryl methyl sites for hydroxylation is 1. The average molecular weight is 292 g/mol. The largest absolute Gasteiger partial charge is 0.338 e. The predicted molar refractivity (Wildman–Crippen MR) is 83.0 cm³/mol. The molecule has 4 heteroatoms. The van der Waals surface area contributed by atoms with Gasteiger partial charge in [0.15, 0.2) is 0 Å². The monoisotopic (exact) mass is 292 g/mol. The molecule has 2 aliphatic heterocycles. The van der Waals surface area contributed by atoms with Crippen molar-refractivity contribution in [3.63, 3.8) is 0 Å². The topological polar surface area (TPSA) is 23.6 Å². The minimum absolute atomic E-state index is 0.362. The van der Waals surface area contributed by atoms with E-state index in [1.54, 1.807) is 11.3 Å². The van der Waals surface area contributed by atoms with E-state index in [4.69, 9.17) is 0 Å². The summed E-state index contributed by atoms with van der Waals surface area (Å²) >= 11 is 1.75. The zero-order chi connectivity index (χ0) is 13.9. The van der Waals surface area contributed by atoms with Gasteiger partial charge in [-0.3, -0.25) is 4.79 Å². The molecule has 0 aromatic carbocycles. The van der Waals surface area contributed by atoms with Gasteiger partial charge in [0.25, 0.3) is 0 Å². The molecule has 1 amide bonds. The molecule has 2 saturated heterocycles. The molecule has 3 nitrogen and oxygen atoms in total. The number of hydrogen-bond donors (Lipinski definition) is 0. The molecular formula is C16H24N2OS. The average Bonchev–Trinajstić information content (AvgIpc) is 3.16. The van der Waals surface area contributed by atoms with E-state index >= 15 is 0 Å². The van der Waals surface area contributed by atoms with E-state index in [2.05, 4.69) is 34.4 Å². The number of likely N-dealkylation sites (tertiary alicyclic amines) is 2. The van der Waals surface area contributed by atoms with Gasteiger partial charge in [0.2, 0.25) is 5.91 Å². The van der Waals surface area contributed by atoms with Crippen LogP contribution in [0.2, 0.25) is 0 Å². The number of carbonyl (C=O) groups is 1. The zero-order valence-corrected chi connectivity index (χ0v) is 13.1. The van der Waals surface area contributed by atoms with Crippen molar-refractivity contribution in [3.05, 3.63) is 22.4 Å². The maximum atomic E-state index is 12.5. The number of hydrogen-bond acceptors (Lipinski definition) is 3. The van der Waals surface area contributed by atoms with Crippen LogP contribution in [0.1, 0.15) is 37.0 Å². The Bertz CT molecular complexity index is 445. The molecule has 0 aliphatic carbocycles. The molecule has 0 saturated carbocycles. The lowest BCUT2D eigenvalue weighted by molar-refractivity contribution is -0.132. The van der Waals surface area contributed by atoms with Crippen molar-refractivity contribution in [1.29, 1.82) is 0 Å². The fraction of sp³-hybridized carbons (Fsp3) is 0.688. The van der Waals surface area contributed by atoms with Crippen molar-refractivity contribution >= 4 is 17.2 Å². The molecule has 0 radical (unpaired) electrons. The van der Waals surface area contributed by atoms with Gasteiger partial charge in [-0.25, -0.2) is 0 Å². The van der Waals surface area contributed by atoms with Crippen molar-refractivity contribution in [2.24, 2.45) is 0 Å². The summed E-state index contributed by atoms with van der Waals surface area (Å²) in [4.78, 5) is 18.5. The van der Waals surface area contributed by atoms with Crippen molar-refractivity contribution in [2.75, 3.05) is 20.1 Å². The molecule has 1 aromatic rings. The third-order valence-corrected chi connectivity index (χ3v) is 5.74. The van der Waals surface area contributed by atoms with E-state index in [9.17, 15) is 4.79 Å². The van der Waals surface area contributed by atoms with E-state index in [1.165, 1.54) is 37.1 Å². The van der Waals surface area contributed by atoms with E-state index in [1.807, 2.05) is 0 Å². The maximum Gasteiger partial charge on any atom is 0.223 e. The second kappa shape index (κ2) is 6.27. The van der Waals surface area contributed by atoms with Crippen LogP contribution in [0, 0.1) is 0 Å². The SMILES string of the molecule is CN1CCCC1C1CCCN1C(=O)CCc1cccs1. The van der Waals surface area contributed by atoms with Gasteiger partial charge >= 0.3 is 0 Å². The lowest BCUT2D eigenvalue weighted by Crippen LogP contribution is -2.47. The first-order chi connectivity index (χ1) is 9.75. The van der Waals surface area contributed by atoms with E-state index in [0.717, 1.165) is 13.0 Å². The van der Waals surface area contributed by atoms with Crippen LogP contribution in [0.5, 0.6) is 0 Å². The number of nitrogens with zero attached hydrogens (tertiary/aromatic N) is 2. The summed E-state index contributed by atoms with van der Waals surface area (Å²) < 4.78 is 0. The van der Waals surface area contributed by atoms with Crippen molar-refractivity contribution < 1.29 is 4.79 Å². The Morgan fingerprint density at radius 1 is 1.30 bits per heavy atom. The Morgan fingerprint density at radius 2 is 2.10 bits per heavy atom. The molecule has 2 unspecified atom stereocenters. The van der Waals surface area contributed by atoms with E-state index in [0.29, 0.717) is 24.4 Å². The van der Waals surface area contributed by atoms with E-state index < -0.39 is 0 Å². The number of amides is 1. The first-order valence-corrected chi connectivity index (χ1v) is 8.66. The van der Waals surface area contributed by atoms with Crippen LogP contribution < -0.4 is 0 Å². The lowest BCUT2D eigenvalue weighted by Gasteiger charge is -2.33. The third kappa shape index (κ3) is 2.91. The van der Waals surface area contributed by atoms with Gasteiger partial charge in [-0.1, -0.05) is 6.07 Å². The Labute approximate surface area is 125 Å². The summed E-state index contributed by atoms with van der Waals surface area (Å²) in [6, 6.07) is 5.27. The Kier molecular flexibility index (Phi) is 4.41. The second-order valence-electron chi connectivity index (χ2n) is 6.07. The molecule has 1 aromatic heterocycles. The molecule has 0 spiro atoms. The highest BCUT2D eigenvalue weighted by Gasteiger charge is 2.37. The highest BCUT2D eigenvalue weighted by molar-refractivity contribution is 7.09. The molecule has 2 aliphatic rings. The normalized spacial score (nSPS) is 27.4. The van der Waals surface area contributed by atoms with Gasteiger partial charge in [0.1, 0.15) is 0 Å². The predicted octanol–water partition coefficient (Wildman–Crippen LogP) is 2.77. The molecule has 0 bridgehead atoms.